The van der Waals surface area contributed by atoms with Crippen LogP contribution in [-0.2, 0) is 11.2 Å². The lowest BCUT2D eigenvalue weighted by Crippen LogP contribution is -2.05. The lowest BCUT2D eigenvalue weighted by atomic mass is 10.0. The highest BCUT2D eigenvalue weighted by molar-refractivity contribution is 6.05. The van der Waals surface area contributed by atoms with Crippen LogP contribution in [-0.4, -0.2) is 5.97 Å². The Bertz CT molecular complexity index is 984. The van der Waals surface area contributed by atoms with Gasteiger partial charge in [0.2, 0.25) is 0 Å². The molecule has 2 heterocycles. The highest BCUT2D eigenvalue weighted by Gasteiger charge is 2.20. The van der Waals surface area contributed by atoms with E-state index in [9.17, 15) is 9.59 Å². The first-order valence-electron chi connectivity index (χ1n) is 7.25. The Balaban J connectivity index is 2.42. The molecule has 3 rings (SSSR count). The average molecular weight is 312 g/mol. The van der Waals surface area contributed by atoms with Crippen LogP contribution in [0.5, 0.6) is 5.75 Å². The zero-order chi connectivity index (χ0) is 16.6. The molecule has 0 atom stereocenters. The van der Waals surface area contributed by atoms with Crippen LogP contribution in [0.25, 0.3) is 21.9 Å². The quantitative estimate of drug-likeness (QED) is 0.317. The molecule has 0 unspecified atom stereocenters. The maximum atomic E-state index is 11.7. The molecule has 0 aliphatic carbocycles. The second kappa shape index (κ2) is 5.76. The Hall–Kier alpha value is -2.82. The van der Waals surface area contributed by atoms with Gasteiger partial charge in [-0.3, -0.25) is 4.79 Å². The summed E-state index contributed by atoms with van der Waals surface area (Å²) in [6, 6.07) is 4.66. The Morgan fingerprint density at radius 1 is 1.13 bits per heavy atom. The minimum Gasteiger partial charge on any atom is -0.464 e. The highest BCUT2D eigenvalue weighted by Crippen LogP contribution is 2.39. The minimum atomic E-state index is -0.462. The summed E-state index contributed by atoms with van der Waals surface area (Å²) in [5.41, 5.74) is 2.37. The first kappa shape index (κ1) is 15.1. The van der Waals surface area contributed by atoms with Crippen molar-refractivity contribution in [1.82, 2.24) is 0 Å². The zero-order valence-corrected chi connectivity index (χ0v) is 13.1. The van der Waals surface area contributed by atoms with Crippen LogP contribution in [0.2, 0.25) is 0 Å². The molecule has 0 saturated carbocycles. The molecule has 0 bridgehead atoms. The van der Waals surface area contributed by atoms with Crippen LogP contribution in [0.15, 0.2) is 49.7 Å². The van der Waals surface area contributed by atoms with Gasteiger partial charge in [-0.2, -0.15) is 0 Å². The van der Waals surface area contributed by atoms with E-state index >= 15 is 0 Å². The molecule has 1 aromatic carbocycles. The molecular weight excluding hydrogens is 296 g/mol. The number of carbonyl (C=O) groups excluding carboxylic acids is 1. The van der Waals surface area contributed by atoms with E-state index in [0.29, 0.717) is 34.1 Å². The van der Waals surface area contributed by atoms with Gasteiger partial charge in [-0.1, -0.05) is 11.6 Å². The second-order valence-electron chi connectivity index (χ2n) is 5.55. The molecule has 2 aromatic heterocycles. The second-order valence-corrected chi connectivity index (χ2v) is 5.55. The van der Waals surface area contributed by atoms with Crippen molar-refractivity contribution < 1.29 is 18.4 Å². The van der Waals surface area contributed by atoms with Gasteiger partial charge in [0.1, 0.15) is 11.2 Å². The Morgan fingerprint density at radius 3 is 2.57 bits per heavy atom. The predicted octanol–water partition coefficient (Wildman–Crippen LogP) is 3.97. The maximum Gasteiger partial charge on any atom is 0.336 e. The number of rotatable bonds is 3. The molecule has 0 amide bonds. The largest absolute Gasteiger partial charge is 0.464 e. The summed E-state index contributed by atoms with van der Waals surface area (Å²) < 4.78 is 16.3. The SMILES string of the molecule is CC(=O)Oc1c2ccoc2c(CC=C(C)C)c2oc(=O)ccc12. The van der Waals surface area contributed by atoms with Gasteiger partial charge < -0.3 is 13.6 Å². The van der Waals surface area contributed by atoms with Crippen LogP contribution >= 0.6 is 0 Å². The van der Waals surface area contributed by atoms with Crippen molar-refractivity contribution in [3.63, 3.8) is 0 Å². The van der Waals surface area contributed by atoms with Crippen molar-refractivity contribution in [2.75, 3.05) is 0 Å². The molecule has 0 radical (unpaired) electrons. The van der Waals surface area contributed by atoms with Gasteiger partial charge in [-0.25, -0.2) is 4.79 Å². The molecule has 0 spiro atoms. The Kier molecular flexibility index (Phi) is 3.78. The van der Waals surface area contributed by atoms with E-state index in [2.05, 4.69) is 0 Å². The molecule has 23 heavy (non-hydrogen) atoms. The Morgan fingerprint density at radius 2 is 1.87 bits per heavy atom. The monoisotopic (exact) mass is 312 g/mol. The topological polar surface area (TPSA) is 69.7 Å². The molecule has 5 nitrogen and oxygen atoms in total. The van der Waals surface area contributed by atoms with Crippen LogP contribution < -0.4 is 10.4 Å². The average Bonchev–Trinajstić information content (AvgIpc) is 2.94. The first-order valence-corrected chi connectivity index (χ1v) is 7.25. The summed E-state index contributed by atoms with van der Waals surface area (Å²) in [7, 11) is 0. The van der Waals surface area contributed by atoms with E-state index in [1.165, 1.54) is 19.3 Å². The summed E-state index contributed by atoms with van der Waals surface area (Å²) in [6.45, 7) is 5.31. The van der Waals surface area contributed by atoms with Gasteiger partial charge in [0.05, 0.1) is 17.0 Å². The molecule has 0 aliphatic rings. The van der Waals surface area contributed by atoms with Crippen molar-refractivity contribution in [3.8, 4) is 5.75 Å². The van der Waals surface area contributed by atoms with E-state index in [4.69, 9.17) is 13.6 Å². The molecule has 0 N–H and O–H groups in total. The molecule has 0 fully saturated rings. The number of fused-ring (bicyclic) bond motifs is 2. The minimum absolute atomic E-state index is 0.348. The number of esters is 1. The van der Waals surface area contributed by atoms with Crippen molar-refractivity contribution >= 4 is 27.9 Å². The summed E-state index contributed by atoms with van der Waals surface area (Å²) in [5.74, 6) is -0.0991. The summed E-state index contributed by atoms with van der Waals surface area (Å²) in [4.78, 5) is 23.1. The van der Waals surface area contributed by atoms with Gasteiger partial charge in [-0.15, -0.1) is 0 Å². The predicted molar refractivity (Wildman–Crippen MR) is 86.7 cm³/mol. The van der Waals surface area contributed by atoms with Crippen LogP contribution in [0.1, 0.15) is 26.3 Å². The third-order valence-corrected chi connectivity index (χ3v) is 3.50. The Labute approximate surface area is 132 Å². The van der Waals surface area contributed by atoms with Gasteiger partial charge in [-0.05, 0) is 32.4 Å². The third-order valence-electron chi connectivity index (χ3n) is 3.50. The number of hydrogen-bond acceptors (Lipinski definition) is 5. The molecule has 3 aromatic rings. The fourth-order valence-corrected chi connectivity index (χ4v) is 2.53. The van der Waals surface area contributed by atoms with Gasteiger partial charge >= 0.3 is 11.6 Å². The summed E-state index contributed by atoms with van der Waals surface area (Å²) >= 11 is 0. The van der Waals surface area contributed by atoms with E-state index in [-0.39, 0.29) is 0 Å². The molecule has 0 saturated heterocycles. The zero-order valence-electron chi connectivity index (χ0n) is 13.1. The number of allylic oxidation sites excluding steroid dienone is 2. The van der Waals surface area contributed by atoms with E-state index < -0.39 is 11.6 Å². The van der Waals surface area contributed by atoms with Crippen LogP contribution in [0.4, 0.5) is 0 Å². The van der Waals surface area contributed by atoms with Crippen LogP contribution in [0.3, 0.4) is 0 Å². The lowest BCUT2D eigenvalue weighted by molar-refractivity contribution is -0.131. The van der Waals surface area contributed by atoms with Crippen molar-refractivity contribution in [2.24, 2.45) is 0 Å². The molecule has 118 valence electrons. The first-order chi connectivity index (χ1) is 11.0. The fourth-order valence-electron chi connectivity index (χ4n) is 2.53. The third kappa shape index (κ3) is 2.77. The highest BCUT2D eigenvalue weighted by atomic mass is 16.5. The number of carbonyl (C=O) groups is 1. The number of hydrogen-bond donors (Lipinski definition) is 0. The molecular formula is C18H16O5. The van der Waals surface area contributed by atoms with Gasteiger partial charge in [0, 0.05) is 18.6 Å². The standard InChI is InChI=1S/C18H16O5/c1-10(2)4-5-12-16-14(8-9-21-16)17(22-11(3)19)13-6-7-15(20)23-18(12)13/h4,6-9H,5H2,1-3H3. The lowest BCUT2D eigenvalue weighted by Gasteiger charge is -2.10. The summed E-state index contributed by atoms with van der Waals surface area (Å²) in [6.07, 6.45) is 4.10. The van der Waals surface area contributed by atoms with Gasteiger partial charge in [0.15, 0.2) is 5.75 Å². The molecule has 0 aliphatic heterocycles. The number of furan rings is 1. The molecule has 5 heteroatoms. The van der Waals surface area contributed by atoms with Crippen LogP contribution in [0, 0.1) is 0 Å². The van der Waals surface area contributed by atoms with E-state index in [1.807, 2.05) is 19.9 Å². The smallest absolute Gasteiger partial charge is 0.336 e. The number of ether oxygens (including phenoxy) is 1. The maximum absolute atomic E-state index is 11.7. The van der Waals surface area contributed by atoms with Crippen molar-refractivity contribution in [2.45, 2.75) is 27.2 Å². The van der Waals surface area contributed by atoms with E-state index in [1.54, 1.807) is 12.1 Å². The van der Waals surface area contributed by atoms with Gasteiger partial charge in [0.25, 0.3) is 0 Å². The van der Waals surface area contributed by atoms with E-state index in [0.717, 1.165) is 11.1 Å². The van der Waals surface area contributed by atoms with Crippen molar-refractivity contribution in [3.05, 3.63) is 52.1 Å². The fraction of sp³-hybridized carbons (Fsp3) is 0.222. The number of benzene rings is 1. The van der Waals surface area contributed by atoms with Crippen molar-refractivity contribution in [1.29, 1.82) is 0 Å². The normalized spacial score (nSPS) is 10.9. The summed E-state index contributed by atoms with van der Waals surface area (Å²) in [5, 5.41) is 1.25.